The maximum Gasteiger partial charge on any atom is 0.256 e. The maximum atomic E-state index is 12.7. The molecular weight excluding hydrogens is 276 g/mol. The van der Waals surface area contributed by atoms with Crippen LogP contribution in [0, 0.1) is 6.92 Å². The second-order valence-electron chi connectivity index (χ2n) is 6.71. The zero-order valence-electron chi connectivity index (χ0n) is 13.4. The Balaban J connectivity index is 1.86. The number of aryl methyl sites for hydroxylation is 1. The van der Waals surface area contributed by atoms with Crippen LogP contribution >= 0.6 is 0 Å². The first kappa shape index (κ1) is 14.6. The Morgan fingerprint density at radius 2 is 2.00 bits per heavy atom. The SMILES string of the molecule is Cc1ncccc1C(=O)N1Cc2cnc(C(C)(C)C)nc2C1. The van der Waals surface area contributed by atoms with Crippen molar-refractivity contribution < 1.29 is 4.79 Å². The quantitative estimate of drug-likeness (QED) is 0.811. The summed E-state index contributed by atoms with van der Waals surface area (Å²) in [7, 11) is 0. The van der Waals surface area contributed by atoms with Crippen molar-refractivity contribution in [2.75, 3.05) is 0 Å². The first-order valence-corrected chi connectivity index (χ1v) is 7.42. The molecule has 0 saturated carbocycles. The molecule has 0 saturated heterocycles. The van der Waals surface area contributed by atoms with Crippen molar-refractivity contribution >= 4 is 5.91 Å². The minimum absolute atomic E-state index is 0.000841. The molecule has 0 aromatic carbocycles. The maximum absolute atomic E-state index is 12.7. The molecule has 3 heterocycles. The Kier molecular flexibility index (Phi) is 3.43. The molecular formula is C17H20N4O. The standard InChI is InChI=1S/C17H20N4O/c1-11-13(6-5-7-18-11)15(22)21-9-12-8-19-16(17(2,3)4)20-14(12)10-21/h5-8H,9-10H2,1-4H3. The summed E-state index contributed by atoms with van der Waals surface area (Å²) in [6.45, 7) is 9.22. The van der Waals surface area contributed by atoms with Gasteiger partial charge in [0.15, 0.2) is 0 Å². The van der Waals surface area contributed by atoms with Crippen molar-refractivity contribution in [2.45, 2.75) is 46.2 Å². The van der Waals surface area contributed by atoms with Crippen LogP contribution in [0.4, 0.5) is 0 Å². The molecule has 0 bridgehead atoms. The molecule has 1 aliphatic heterocycles. The van der Waals surface area contributed by atoms with E-state index in [0.29, 0.717) is 18.7 Å². The van der Waals surface area contributed by atoms with Gasteiger partial charge in [-0.1, -0.05) is 20.8 Å². The summed E-state index contributed by atoms with van der Waals surface area (Å²) in [5.74, 6) is 0.819. The Morgan fingerprint density at radius 3 is 2.68 bits per heavy atom. The number of hydrogen-bond acceptors (Lipinski definition) is 4. The van der Waals surface area contributed by atoms with Gasteiger partial charge < -0.3 is 4.90 Å². The van der Waals surface area contributed by atoms with Gasteiger partial charge in [-0.15, -0.1) is 0 Å². The fourth-order valence-corrected chi connectivity index (χ4v) is 2.54. The summed E-state index contributed by atoms with van der Waals surface area (Å²) < 4.78 is 0. The Hall–Kier alpha value is -2.30. The molecule has 3 rings (SSSR count). The second-order valence-corrected chi connectivity index (χ2v) is 6.71. The van der Waals surface area contributed by atoms with Crippen molar-refractivity contribution in [3.63, 3.8) is 0 Å². The van der Waals surface area contributed by atoms with Crippen LogP contribution < -0.4 is 0 Å². The number of pyridine rings is 1. The first-order valence-electron chi connectivity index (χ1n) is 7.42. The third kappa shape index (κ3) is 2.58. The van der Waals surface area contributed by atoms with E-state index in [0.717, 1.165) is 22.8 Å². The molecule has 1 aliphatic rings. The summed E-state index contributed by atoms with van der Waals surface area (Å²) >= 11 is 0. The summed E-state index contributed by atoms with van der Waals surface area (Å²) in [5, 5.41) is 0. The molecule has 114 valence electrons. The van der Waals surface area contributed by atoms with E-state index in [1.807, 2.05) is 19.2 Å². The molecule has 5 heteroatoms. The normalized spacial score (nSPS) is 14.1. The monoisotopic (exact) mass is 296 g/mol. The number of fused-ring (bicyclic) bond motifs is 1. The third-order valence-corrected chi connectivity index (χ3v) is 3.85. The Morgan fingerprint density at radius 1 is 1.23 bits per heavy atom. The third-order valence-electron chi connectivity index (χ3n) is 3.85. The highest BCUT2D eigenvalue weighted by Crippen LogP contribution is 2.26. The van der Waals surface area contributed by atoms with Crippen molar-refractivity contribution in [3.8, 4) is 0 Å². The average molecular weight is 296 g/mol. The highest BCUT2D eigenvalue weighted by molar-refractivity contribution is 5.95. The van der Waals surface area contributed by atoms with E-state index in [9.17, 15) is 4.79 Å². The van der Waals surface area contributed by atoms with Crippen molar-refractivity contribution in [3.05, 3.63) is 52.9 Å². The van der Waals surface area contributed by atoms with Crippen molar-refractivity contribution in [1.29, 1.82) is 0 Å². The highest BCUT2D eigenvalue weighted by atomic mass is 16.2. The second kappa shape index (κ2) is 5.16. The van der Waals surface area contributed by atoms with Gasteiger partial charge >= 0.3 is 0 Å². The van der Waals surface area contributed by atoms with Crippen LogP contribution in [-0.2, 0) is 18.5 Å². The topological polar surface area (TPSA) is 59.0 Å². The zero-order valence-corrected chi connectivity index (χ0v) is 13.4. The van der Waals surface area contributed by atoms with Crippen LogP contribution in [0.1, 0.15) is 53.9 Å². The molecule has 0 fully saturated rings. The van der Waals surface area contributed by atoms with E-state index in [4.69, 9.17) is 0 Å². The van der Waals surface area contributed by atoms with Gasteiger partial charge in [-0.05, 0) is 19.1 Å². The predicted molar refractivity (Wildman–Crippen MR) is 83.3 cm³/mol. The lowest BCUT2D eigenvalue weighted by Gasteiger charge is -2.17. The van der Waals surface area contributed by atoms with Gasteiger partial charge in [-0.25, -0.2) is 9.97 Å². The molecule has 0 aliphatic carbocycles. The fraction of sp³-hybridized carbons (Fsp3) is 0.412. The van der Waals surface area contributed by atoms with Crippen LogP contribution in [0.2, 0.25) is 0 Å². The van der Waals surface area contributed by atoms with Crippen LogP contribution in [0.25, 0.3) is 0 Å². The van der Waals surface area contributed by atoms with Gasteiger partial charge in [0.2, 0.25) is 0 Å². The van der Waals surface area contributed by atoms with Gasteiger partial charge in [0, 0.05) is 35.6 Å². The van der Waals surface area contributed by atoms with Gasteiger partial charge in [-0.2, -0.15) is 0 Å². The summed E-state index contributed by atoms with van der Waals surface area (Å²) in [6.07, 6.45) is 3.55. The van der Waals surface area contributed by atoms with E-state index < -0.39 is 0 Å². The van der Waals surface area contributed by atoms with Gasteiger partial charge in [0.25, 0.3) is 5.91 Å². The number of nitrogens with zero attached hydrogens (tertiary/aromatic N) is 4. The summed E-state index contributed by atoms with van der Waals surface area (Å²) in [5.41, 5.74) is 3.30. The van der Waals surface area contributed by atoms with Crippen LogP contribution in [0.15, 0.2) is 24.5 Å². The van der Waals surface area contributed by atoms with E-state index in [2.05, 4.69) is 35.7 Å². The lowest BCUT2D eigenvalue weighted by Crippen LogP contribution is -2.26. The minimum Gasteiger partial charge on any atom is -0.328 e. The number of rotatable bonds is 1. The molecule has 2 aromatic rings. The van der Waals surface area contributed by atoms with Crippen molar-refractivity contribution in [1.82, 2.24) is 19.9 Å². The minimum atomic E-state index is -0.0909. The predicted octanol–water partition coefficient (Wildman–Crippen LogP) is 2.63. The van der Waals surface area contributed by atoms with Gasteiger partial charge in [0.1, 0.15) is 5.82 Å². The molecule has 0 spiro atoms. The Bertz CT molecular complexity index is 734. The zero-order chi connectivity index (χ0) is 15.9. The highest BCUT2D eigenvalue weighted by Gasteiger charge is 2.28. The number of aromatic nitrogens is 3. The van der Waals surface area contributed by atoms with Crippen LogP contribution in [0.5, 0.6) is 0 Å². The average Bonchev–Trinajstić information content (AvgIpc) is 2.89. The molecule has 5 nitrogen and oxygen atoms in total. The largest absolute Gasteiger partial charge is 0.328 e. The lowest BCUT2D eigenvalue weighted by atomic mass is 9.95. The molecule has 1 amide bonds. The van der Waals surface area contributed by atoms with E-state index in [-0.39, 0.29) is 11.3 Å². The van der Waals surface area contributed by atoms with E-state index in [1.54, 1.807) is 17.2 Å². The number of carbonyl (C=O) groups is 1. The van der Waals surface area contributed by atoms with E-state index >= 15 is 0 Å². The fourth-order valence-electron chi connectivity index (χ4n) is 2.54. The number of carbonyl (C=O) groups excluding carboxylic acids is 1. The summed E-state index contributed by atoms with van der Waals surface area (Å²) in [6, 6.07) is 3.61. The summed E-state index contributed by atoms with van der Waals surface area (Å²) in [4.78, 5) is 27.7. The van der Waals surface area contributed by atoms with E-state index in [1.165, 1.54) is 0 Å². The molecule has 22 heavy (non-hydrogen) atoms. The lowest BCUT2D eigenvalue weighted by molar-refractivity contribution is 0.0749. The Labute approximate surface area is 130 Å². The van der Waals surface area contributed by atoms with Crippen LogP contribution in [-0.4, -0.2) is 25.8 Å². The first-order chi connectivity index (χ1) is 10.4. The van der Waals surface area contributed by atoms with Crippen molar-refractivity contribution in [2.24, 2.45) is 0 Å². The van der Waals surface area contributed by atoms with Gasteiger partial charge in [-0.3, -0.25) is 9.78 Å². The number of amides is 1. The van der Waals surface area contributed by atoms with Crippen LogP contribution in [0.3, 0.4) is 0 Å². The molecule has 0 radical (unpaired) electrons. The van der Waals surface area contributed by atoms with Gasteiger partial charge in [0.05, 0.1) is 17.8 Å². The molecule has 2 aromatic heterocycles. The molecule has 0 atom stereocenters. The molecule has 0 unspecified atom stereocenters. The smallest absolute Gasteiger partial charge is 0.256 e. The molecule has 0 N–H and O–H groups in total. The number of hydrogen-bond donors (Lipinski definition) is 0.